The van der Waals surface area contributed by atoms with Crippen LogP contribution in [0.3, 0.4) is 0 Å². The molecule has 0 fully saturated rings. The van der Waals surface area contributed by atoms with Gasteiger partial charge in [0.05, 0.1) is 21.4 Å². The first kappa shape index (κ1) is 20.5. The van der Waals surface area contributed by atoms with E-state index in [0.717, 1.165) is 15.6 Å². The minimum atomic E-state index is -0.381. The summed E-state index contributed by atoms with van der Waals surface area (Å²) in [5.41, 5.74) is 5.14. The van der Waals surface area contributed by atoms with Crippen molar-refractivity contribution in [1.82, 2.24) is 5.43 Å². The van der Waals surface area contributed by atoms with E-state index in [9.17, 15) is 9.90 Å². The summed E-state index contributed by atoms with van der Waals surface area (Å²) in [7, 11) is 1.47. The predicted molar refractivity (Wildman–Crippen MR) is 112 cm³/mol. The number of ether oxygens (including phenoxy) is 2. The number of hydrogen-bond acceptors (Lipinski definition) is 5. The van der Waals surface area contributed by atoms with Crippen molar-refractivity contribution in [1.29, 1.82) is 0 Å². The lowest BCUT2D eigenvalue weighted by Crippen LogP contribution is -2.24. The molecule has 0 aliphatic carbocycles. The van der Waals surface area contributed by atoms with Gasteiger partial charge in [0.15, 0.2) is 18.1 Å². The largest absolute Gasteiger partial charge is 0.504 e. The van der Waals surface area contributed by atoms with Crippen LogP contribution in [0, 0.1) is 17.4 Å². The van der Waals surface area contributed by atoms with Gasteiger partial charge in [-0.3, -0.25) is 4.79 Å². The smallest absolute Gasteiger partial charge is 0.277 e. The zero-order chi connectivity index (χ0) is 19.3. The third kappa shape index (κ3) is 5.34. The molecule has 26 heavy (non-hydrogen) atoms. The van der Waals surface area contributed by atoms with Gasteiger partial charge in [0.2, 0.25) is 0 Å². The number of halogens is 2. The number of aromatic hydroxyl groups is 1. The third-order valence-electron chi connectivity index (χ3n) is 3.39. The summed E-state index contributed by atoms with van der Waals surface area (Å²) >= 11 is 5.43. The number of rotatable bonds is 6. The Morgan fingerprint density at radius 3 is 2.73 bits per heavy atom. The van der Waals surface area contributed by atoms with Crippen LogP contribution in [-0.4, -0.2) is 30.9 Å². The van der Waals surface area contributed by atoms with E-state index in [1.165, 1.54) is 13.3 Å². The first-order chi connectivity index (χ1) is 12.3. The Kier molecular flexibility index (Phi) is 7.27. The Balaban J connectivity index is 1.95. The van der Waals surface area contributed by atoms with E-state index in [1.807, 2.05) is 48.6 Å². The molecule has 2 aromatic carbocycles. The highest BCUT2D eigenvalue weighted by atomic mass is 127. The fraction of sp³-hybridized carbons (Fsp3) is 0.222. The van der Waals surface area contributed by atoms with E-state index in [0.29, 0.717) is 20.6 Å². The summed E-state index contributed by atoms with van der Waals surface area (Å²) in [5, 5.41) is 13.7. The monoisotopic (exact) mass is 532 g/mol. The van der Waals surface area contributed by atoms with Gasteiger partial charge in [-0.15, -0.1) is 0 Å². The van der Waals surface area contributed by atoms with Crippen molar-refractivity contribution in [3.8, 4) is 17.2 Å². The van der Waals surface area contributed by atoms with Gasteiger partial charge in [-0.2, -0.15) is 5.10 Å². The first-order valence-corrected chi connectivity index (χ1v) is 9.47. The van der Waals surface area contributed by atoms with E-state index in [-0.39, 0.29) is 18.3 Å². The third-order valence-corrected chi connectivity index (χ3v) is 4.81. The van der Waals surface area contributed by atoms with Crippen molar-refractivity contribution in [3.63, 3.8) is 0 Å². The molecule has 138 valence electrons. The number of hydrogen-bond donors (Lipinski definition) is 2. The fourth-order valence-corrected chi connectivity index (χ4v) is 3.67. The molecule has 0 heterocycles. The van der Waals surface area contributed by atoms with Gasteiger partial charge in [0, 0.05) is 0 Å². The van der Waals surface area contributed by atoms with Crippen LogP contribution in [0.5, 0.6) is 17.2 Å². The van der Waals surface area contributed by atoms with E-state index < -0.39 is 0 Å². The van der Waals surface area contributed by atoms with Gasteiger partial charge < -0.3 is 14.6 Å². The number of nitrogens with zero attached hydrogens (tertiary/aromatic N) is 1. The van der Waals surface area contributed by atoms with Crippen LogP contribution >= 0.6 is 38.5 Å². The number of methoxy groups -OCH3 is 1. The van der Waals surface area contributed by atoms with Gasteiger partial charge in [-0.25, -0.2) is 5.43 Å². The number of carbonyl (C=O) groups excluding carboxylic acids is 1. The standard InChI is InChI=1S/C18H18BrIN2O4/c1-10-4-11(2)18(13(19)5-10)26-9-16(23)22-21-8-12-6-14(20)17(24)15(7-12)25-3/h4-8,24H,9H2,1-3H3,(H,22,23)/b21-8+. The maximum absolute atomic E-state index is 11.9. The normalized spacial score (nSPS) is 10.8. The zero-order valence-corrected chi connectivity index (χ0v) is 18.2. The van der Waals surface area contributed by atoms with Gasteiger partial charge in [-0.05, 0) is 87.3 Å². The van der Waals surface area contributed by atoms with Crippen molar-refractivity contribution < 1.29 is 19.4 Å². The topological polar surface area (TPSA) is 80.2 Å². The summed E-state index contributed by atoms with van der Waals surface area (Å²) < 4.78 is 12.1. The second-order valence-corrected chi connectivity index (χ2v) is 7.54. The number of nitrogens with one attached hydrogen (secondary N) is 1. The number of benzene rings is 2. The molecule has 0 atom stereocenters. The second-order valence-electron chi connectivity index (χ2n) is 5.53. The van der Waals surface area contributed by atoms with E-state index in [1.54, 1.807) is 12.1 Å². The van der Waals surface area contributed by atoms with Crippen LogP contribution in [0.2, 0.25) is 0 Å². The quantitative estimate of drug-likeness (QED) is 0.336. The maximum atomic E-state index is 11.9. The van der Waals surface area contributed by atoms with E-state index in [2.05, 4.69) is 26.5 Å². The number of hydrazone groups is 1. The zero-order valence-electron chi connectivity index (χ0n) is 14.5. The van der Waals surface area contributed by atoms with Gasteiger partial charge in [0.1, 0.15) is 5.75 Å². The minimum Gasteiger partial charge on any atom is -0.504 e. The van der Waals surface area contributed by atoms with Crippen LogP contribution in [0.4, 0.5) is 0 Å². The van der Waals surface area contributed by atoms with Crippen molar-refractivity contribution >= 4 is 50.6 Å². The van der Waals surface area contributed by atoms with E-state index >= 15 is 0 Å². The van der Waals surface area contributed by atoms with Crippen LogP contribution in [-0.2, 0) is 4.79 Å². The molecule has 0 aromatic heterocycles. The van der Waals surface area contributed by atoms with Gasteiger partial charge >= 0.3 is 0 Å². The molecule has 0 saturated heterocycles. The Hall–Kier alpha value is -1.81. The van der Waals surface area contributed by atoms with Crippen molar-refractivity contribution in [2.75, 3.05) is 13.7 Å². The summed E-state index contributed by atoms with van der Waals surface area (Å²) in [6.07, 6.45) is 1.47. The summed E-state index contributed by atoms with van der Waals surface area (Å²) in [6.45, 7) is 3.75. The molecule has 2 N–H and O–H groups in total. The highest BCUT2D eigenvalue weighted by Crippen LogP contribution is 2.32. The lowest BCUT2D eigenvalue weighted by atomic mass is 10.1. The number of aryl methyl sites for hydroxylation is 2. The highest BCUT2D eigenvalue weighted by Gasteiger charge is 2.10. The average molecular weight is 533 g/mol. The molecule has 6 nitrogen and oxygen atoms in total. The number of phenols is 1. The summed E-state index contributed by atoms with van der Waals surface area (Å²) in [5.74, 6) is 0.663. The van der Waals surface area contributed by atoms with Crippen molar-refractivity contribution in [3.05, 3.63) is 49.0 Å². The average Bonchev–Trinajstić information content (AvgIpc) is 2.56. The number of carbonyl (C=O) groups is 1. The Morgan fingerprint density at radius 1 is 1.35 bits per heavy atom. The minimum absolute atomic E-state index is 0.0710. The summed E-state index contributed by atoms with van der Waals surface area (Å²) in [6, 6.07) is 7.25. The molecule has 2 rings (SSSR count). The molecular weight excluding hydrogens is 515 g/mol. The molecule has 0 bridgehead atoms. The highest BCUT2D eigenvalue weighted by molar-refractivity contribution is 14.1. The molecule has 1 amide bonds. The molecule has 0 aliphatic heterocycles. The maximum Gasteiger partial charge on any atom is 0.277 e. The second kappa shape index (κ2) is 9.22. The Bertz CT molecular complexity index is 832. The molecule has 0 spiro atoms. The van der Waals surface area contributed by atoms with Crippen molar-refractivity contribution in [2.45, 2.75) is 13.8 Å². The lowest BCUT2D eigenvalue weighted by molar-refractivity contribution is -0.123. The number of amides is 1. The van der Waals surface area contributed by atoms with Crippen LogP contribution in [0.1, 0.15) is 16.7 Å². The number of phenolic OH excluding ortho intramolecular Hbond substituents is 1. The molecule has 2 aromatic rings. The fourth-order valence-electron chi connectivity index (χ4n) is 2.26. The Labute approximate surface area is 173 Å². The van der Waals surface area contributed by atoms with Crippen LogP contribution in [0.25, 0.3) is 0 Å². The molecule has 0 unspecified atom stereocenters. The van der Waals surface area contributed by atoms with E-state index in [4.69, 9.17) is 9.47 Å². The van der Waals surface area contributed by atoms with Crippen molar-refractivity contribution in [2.24, 2.45) is 5.10 Å². The molecule has 8 heteroatoms. The van der Waals surface area contributed by atoms with Crippen LogP contribution < -0.4 is 14.9 Å². The lowest BCUT2D eigenvalue weighted by Gasteiger charge is -2.11. The molecule has 0 saturated carbocycles. The SMILES string of the molecule is COc1cc(/C=N/NC(=O)COc2c(C)cc(C)cc2Br)cc(I)c1O. The van der Waals surface area contributed by atoms with Gasteiger partial charge in [-0.1, -0.05) is 6.07 Å². The van der Waals surface area contributed by atoms with Gasteiger partial charge in [0.25, 0.3) is 5.91 Å². The molecule has 0 aliphatic rings. The predicted octanol–water partition coefficient (Wildman–Crippen LogP) is 3.91. The molecular formula is C18H18BrIN2O4. The first-order valence-electron chi connectivity index (χ1n) is 7.59. The summed E-state index contributed by atoms with van der Waals surface area (Å²) in [4.78, 5) is 11.9. The molecule has 0 radical (unpaired) electrons. The Morgan fingerprint density at radius 2 is 2.08 bits per heavy atom. The van der Waals surface area contributed by atoms with Crippen LogP contribution in [0.15, 0.2) is 33.8 Å².